The summed E-state index contributed by atoms with van der Waals surface area (Å²) < 4.78 is 18.2. The number of nitrogens with one attached hydrogen (secondary N) is 2. The Morgan fingerprint density at radius 3 is 2.44 bits per heavy atom. The van der Waals surface area contributed by atoms with E-state index in [1.54, 1.807) is 19.2 Å². The predicted octanol–water partition coefficient (Wildman–Crippen LogP) is 3.11. The molecule has 0 spiro atoms. The van der Waals surface area contributed by atoms with E-state index >= 15 is 0 Å². The first-order valence-corrected chi connectivity index (χ1v) is 7.70. The maximum atomic E-state index is 13.1. The molecule has 25 heavy (non-hydrogen) atoms. The van der Waals surface area contributed by atoms with Gasteiger partial charge in [-0.1, -0.05) is 12.1 Å². The molecule has 1 amide bonds. The second-order valence-corrected chi connectivity index (χ2v) is 5.50. The molecule has 1 heterocycles. The normalized spacial score (nSPS) is 11.8. The smallest absolute Gasteiger partial charge is 0.274 e. The van der Waals surface area contributed by atoms with Crippen LogP contribution in [0.2, 0.25) is 0 Å². The Morgan fingerprint density at radius 1 is 1.12 bits per heavy atom. The molecular weight excluding hydrogens is 323 g/mol. The third-order valence-corrected chi connectivity index (χ3v) is 3.84. The van der Waals surface area contributed by atoms with Crippen molar-refractivity contribution in [2.24, 2.45) is 0 Å². The zero-order valence-corrected chi connectivity index (χ0v) is 13.8. The van der Waals surface area contributed by atoms with Crippen LogP contribution in [0.3, 0.4) is 0 Å². The Bertz CT molecular complexity index is 860. The van der Waals surface area contributed by atoms with Crippen LogP contribution in [-0.4, -0.2) is 28.4 Å². The van der Waals surface area contributed by atoms with E-state index in [-0.39, 0.29) is 23.5 Å². The number of amides is 1. The highest BCUT2D eigenvalue weighted by atomic mass is 19.1. The molecule has 2 aromatic carbocycles. The van der Waals surface area contributed by atoms with Crippen molar-refractivity contribution in [2.75, 3.05) is 7.11 Å². The Labute approximate surface area is 144 Å². The second-order valence-electron chi connectivity index (χ2n) is 5.50. The number of halogens is 1. The van der Waals surface area contributed by atoms with Gasteiger partial charge in [-0.25, -0.2) is 4.39 Å². The Hall–Kier alpha value is -3.22. The maximum Gasteiger partial charge on any atom is 0.274 e. The molecule has 3 aromatic rings. The van der Waals surface area contributed by atoms with Crippen LogP contribution >= 0.6 is 0 Å². The van der Waals surface area contributed by atoms with Gasteiger partial charge in [0.1, 0.15) is 17.3 Å². The minimum absolute atomic E-state index is 0.159. The summed E-state index contributed by atoms with van der Waals surface area (Å²) in [6, 6.07) is 12.9. The van der Waals surface area contributed by atoms with E-state index in [1.165, 1.54) is 12.1 Å². The fraction of sp³-hybridized carbons (Fsp3) is 0.167. The van der Waals surface area contributed by atoms with Crippen molar-refractivity contribution in [1.82, 2.24) is 20.7 Å². The van der Waals surface area contributed by atoms with Gasteiger partial charge in [0.25, 0.3) is 5.91 Å². The number of H-pyrrole nitrogens is 1. The summed E-state index contributed by atoms with van der Waals surface area (Å²) in [7, 11) is 1.60. The fourth-order valence-corrected chi connectivity index (χ4v) is 2.44. The number of carbonyl (C=O) groups is 1. The molecule has 0 unspecified atom stereocenters. The van der Waals surface area contributed by atoms with E-state index in [0.29, 0.717) is 11.3 Å². The van der Waals surface area contributed by atoms with Crippen LogP contribution in [0.5, 0.6) is 5.75 Å². The Morgan fingerprint density at radius 2 is 1.80 bits per heavy atom. The van der Waals surface area contributed by atoms with Gasteiger partial charge in [0.2, 0.25) is 0 Å². The van der Waals surface area contributed by atoms with Crippen molar-refractivity contribution in [3.8, 4) is 17.0 Å². The van der Waals surface area contributed by atoms with Crippen LogP contribution in [0.15, 0.2) is 48.5 Å². The van der Waals surface area contributed by atoms with Gasteiger partial charge in [-0.3, -0.25) is 4.79 Å². The maximum absolute atomic E-state index is 13.1. The number of nitrogens with zero attached hydrogens (tertiary/aromatic N) is 2. The molecule has 0 saturated heterocycles. The van der Waals surface area contributed by atoms with E-state index in [9.17, 15) is 9.18 Å². The molecule has 0 aliphatic heterocycles. The third-order valence-electron chi connectivity index (χ3n) is 3.84. The summed E-state index contributed by atoms with van der Waals surface area (Å²) in [5, 5.41) is 13.3. The molecule has 0 aliphatic rings. The first-order chi connectivity index (χ1) is 12.1. The number of aromatic amines is 1. The summed E-state index contributed by atoms with van der Waals surface area (Å²) in [5.74, 6) is 0.0279. The van der Waals surface area contributed by atoms with Gasteiger partial charge in [-0.05, 0) is 48.9 Å². The lowest BCUT2D eigenvalue weighted by Gasteiger charge is -2.14. The molecule has 0 saturated carbocycles. The summed E-state index contributed by atoms with van der Waals surface area (Å²) in [5.41, 5.74) is 2.07. The van der Waals surface area contributed by atoms with Gasteiger partial charge in [-0.15, -0.1) is 0 Å². The standard InChI is InChI=1S/C18H17FN4O2/c1-11(12-5-9-15(25-2)10-6-12)20-18(24)17-16(21-23-22-17)13-3-7-14(19)8-4-13/h3-11H,1-2H3,(H,20,24)(H,21,22,23)/t11-/m0/s1. The van der Waals surface area contributed by atoms with Crippen LogP contribution in [0.25, 0.3) is 11.3 Å². The molecule has 7 heteroatoms. The lowest BCUT2D eigenvalue weighted by Crippen LogP contribution is -2.27. The van der Waals surface area contributed by atoms with Gasteiger partial charge in [0, 0.05) is 5.56 Å². The molecular formula is C18H17FN4O2. The zero-order valence-electron chi connectivity index (χ0n) is 13.8. The van der Waals surface area contributed by atoms with Crippen LogP contribution in [0.4, 0.5) is 4.39 Å². The molecule has 3 rings (SSSR count). The number of methoxy groups -OCH3 is 1. The molecule has 0 aliphatic carbocycles. The number of carbonyl (C=O) groups excluding carboxylic acids is 1. The molecule has 6 nitrogen and oxygen atoms in total. The third kappa shape index (κ3) is 3.65. The summed E-state index contributed by atoms with van der Waals surface area (Å²) in [4.78, 5) is 12.5. The highest BCUT2D eigenvalue weighted by molar-refractivity contribution is 5.98. The summed E-state index contributed by atoms with van der Waals surface area (Å²) in [6.45, 7) is 1.87. The van der Waals surface area contributed by atoms with Crippen molar-refractivity contribution in [1.29, 1.82) is 0 Å². The number of hydrogen-bond acceptors (Lipinski definition) is 4. The number of rotatable bonds is 5. The van der Waals surface area contributed by atoms with E-state index in [0.717, 1.165) is 11.3 Å². The summed E-state index contributed by atoms with van der Waals surface area (Å²) in [6.07, 6.45) is 0. The quantitative estimate of drug-likeness (QED) is 0.748. The second kappa shape index (κ2) is 7.12. The highest BCUT2D eigenvalue weighted by Crippen LogP contribution is 2.21. The number of hydrogen-bond donors (Lipinski definition) is 2. The van der Waals surface area contributed by atoms with Crippen molar-refractivity contribution < 1.29 is 13.9 Å². The molecule has 1 aromatic heterocycles. The number of ether oxygens (including phenoxy) is 1. The molecule has 1 atom stereocenters. The topological polar surface area (TPSA) is 79.9 Å². The number of benzene rings is 2. The molecule has 0 fully saturated rings. The van der Waals surface area contributed by atoms with Crippen molar-refractivity contribution in [3.05, 3.63) is 65.6 Å². The molecule has 0 bridgehead atoms. The lowest BCUT2D eigenvalue weighted by atomic mass is 10.1. The van der Waals surface area contributed by atoms with Crippen LogP contribution < -0.4 is 10.1 Å². The van der Waals surface area contributed by atoms with Gasteiger partial charge >= 0.3 is 0 Å². The minimum Gasteiger partial charge on any atom is -0.497 e. The fourth-order valence-electron chi connectivity index (χ4n) is 2.44. The average Bonchev–Trinajstić information content (AvgIpc) is 3.12. The van der Waals surface area contributed by atoms with E-state index < -0.39 is 0 Å². The average molecular weight is 340 g/mol. The monoisotopic (exact) mass is 340 g/mol. The lowest BCUT2D eigenvalue weighted by molar-refractivity contribution is 0.0935. The SMILES string of the molecule is COc1ccc([C@H](C)NC(=O)c2n[nH]nc2-c2ccc(F)cc2)cc1. The van der Waals surface area contributed by atoms with Gasteiger partial charge in [-0.2, -0.15) is 15.4 Å². The Balaban J connectivity index is 1.77. The molecule has 0 radical (unpaired) electrons. The minimum atomic E-state index is -0.364. The van der Waals surface area contributed by atoms with Crippen LogP contribution in [0.1, 0.15) is 29.0 Å². The van der Waals surface area contributed by atoms with Crippen molar-refractivity contribution in [2.45, 2.75) is 13.0 Å². The van der Waals surface area contributed by atoms with Crippen LogP contribution in [0, 0.1) is 5.82 Å². The van der Waals surface area contributed by atoms with Crippen molar-refractivity contribution in [3.63, 3.8) is 0 Å². The van der Waals surface area contributed by atoms with Gasteiger partial charge in [0.05, 0.1) is 13.2 Å². The van der Waals surface area contributed by atoms with Crippen LogP contribution in [-0.2, 0) is 0 Å². The van der Waals surface area contributed by atoms with Gasteiger partial charge < -0.3 is 10.1 Å². The predicted molar refractivity (Wildman–Crippen MR) is 90.7 cm³/mol. The first-order valence-electron chi connectivity index (χ1n) is 7.70. The largest absolute Gasteiger partial charge is 0.497 e. The van der Waals surface area contributed by atoms with Crippen molar-refractivity contribution >= 4 is 5.91 Å². The molecule has 128 valence electrons. The highest BCUT2D eigenvalue weighted by Gasteiger charge is 2.20. The molecule has 2 N–H and O–H groups in total. The van der Waals surface area contributed by atoms with E-state index in [1.807, 2.05) is 31.2 Å². The number of aromatic nitrogens is 3. The summed E-state index contributed by atoms with van der Waals surface area (Å²) >= 11 is 0. The first kappa shape index (κ1) is 16.6. The van der Waals surface area contributed by atoms with Gasteiger partial charge in [0.15, 0.2) is 5.69 Å². The van der Waals surface area contributed by atoms with E-state index in [4.69, 9.17) is 4.74 Å². The Kier molecular flexibility index (Phi) is 4.74. The zero-order chi connectivity index (χ0) is 17.8. The van der Waals surface area contributed by atoms with E-state index in [2.05, 4.69) is 20.7 Å².